The Balaban J connectivity index is 1.84. The molecule has 0 fully saturated rings. The van der Waals surface area contributed by atoms with E-state index < -0.39 is 0 Å². The van der Waals surface area contributed by atoms with E-state index in [4.69, 9.17) is 0 Å². The maximum absolute atomic E-state index is 13.1. The van der Waals surface area contributed by atoms with Crippen LogP contribution in [0.25, 0.3) is 0 Å². The van der Waals surface area contributed by atoms with Gasteiger partial charge in [0.1, 0.15) is 5.82 Å². The monoisotopic (exact) mass is 350 g/mol. The molecular weight excluding hydrogens is 335 g/mol. The summed E-state index contributed by atoms with van der Waals surface area (Å²) in [4.78, 5) is 11.8. The number of carbonyl (C=O) groups excluding carboxylic acids is 1. The number of anilines is 1. The molecule has 0 radical (unpaired) electrons. The zero-order valence-electron chi connectivity index (χ0n) is 11.6. The van der Waals surface area contributed by atoms with Gasteiger partial charge in [-0.2, -0.15) is 0 Å². The first kappa shape index (κ1) is 15.7. The van der Waals surface area contributed by atoms with Crippen LogP contribution in [0.3, 0.4) is 0 Å². The molecule has 0 saturated carbocycles. The van der Waals surface area contributed by atoms with E-state index in [0.29, 0.717) is 0 Å². The Kier molecular flexibility index (Phi) is 5.47. The van der Waals surface area contributed by atoms with Crippen LogP contribution in [-0.4, -0.2) is 12.5 Å². The van der Waals surface area contributed by atoms with Crippen molar-refractivity contribution in [1.82, 2.24) is 5.32 Å². The highest BCUT2D eigenvalue weighted by Gasteiger charge is 2.08. The number of benzene rings is 2. The molecule has 0 spiro atoms. The van der Waals surface area contributed by atoms with E-state index in [1.807, 2.05) is 37.3 Å². The molecule has 21 heavy (non-hydrogen) atoms. The van der Waals surface area contributed by atoms with E-state index in [-0.39, 0.29) is 24.3 Å². The van der Waals surface area contributed by atoms with E-state index in [0.717, 1.165) is 15.7 Å². The molecule has 1 amide bonds. The van der Waals surface area contributed by atoms with Crippen molar-refractivity contribution >= 4 is 27.5 Å². The molecule has 5 heteroatoms. The predicted octanol–water partition coefficient (Wildman–Crippen LogP) is 3.88. The highest BCUT2D eigenvalue weighted by molar-refractivity contribution is 9.10. The SMILES string of the molecule is C[C@@H](NCC(=O)Nc1ccc(Br)cc1)c1cccc(F)c1. The van der Waals surface area contributed by atoms with E-state index in [1.165, 1.54) is 12.1 Å². The van der Waals surface area contributed by atoms with Crippen molar-refractivity contribution in [3.63, 3.8) is 0 Å². The molecule has 0 unspecified atom stereocenters. The number of halogens is 2. The zero-order chi connectivity index (χ0) is 15.2. The van der Waals surface area contributed by atoms with Crippen molar-refractivity contribution in [2.75, 3.05) is 11.9 Å². The molecule has 0 aliphatic heterocycles. The second kappa shape index (κ2) is 7.33. The van der Waals surface area contributed by atoms with E-state index in [9.17, 15) is 9.18 Å². The topological polar surface area (TPSA) is 41.1 Å². The number of carbonyl (C=O) groups is 1. The molecular formula is C16H16BrFN2O. The Morgan fingerprint density at radius 2 is 1.95 bits per heavy atom. The Morgan fingerprint density at radius 3 is 2.62 bits per heavy atom. The molecule has 0 heterocycles. The molecule has 0 saturated heterocycles. The molecule has 2 aromatic carbocycles. The summed E-state index contributed by atoms with van der Waals surface area (Å²) in [6, 6.07) is 13.6. The number of nitrogens with one attached hydrogen (secondary N) is 2. The molecule has 3 nitrogen and oxygen atoms in total. The van der Waals surface area contributed by atoms with Gasteiger partial charge in [0.25, 0.3) is 0 Å². The van der Waals surface area contributed by atoms with Gasteiger partial charge >= 0.3 is 0 Å². The standard InChI is InChI=1S/C16H16BrFN2O/c1-11(12-3-2-4-14(18)9-12)19-10-16(21)20-15-7-5-13(17)6-8-15/h2-9,11,19H,10H2,1H3,(H,20,21)/t11-/m1/s1. The van der Waals surface area contributed by atoms with Crippen LogP contribution in [0, 0.1) is 5.82 Å². The minimum atomic E-state index is -0.277. The Hall–Kier alpha value is -1.72. The largest absolute Gasteiger partial charge is 0.325 e. The minimum Gasteiger partial charge on any atom is -0.325 e. The highest BCUT2D eigenvalue weighted by Crippen LogP contribution is 2.15. The van der Waals surface area contributed by atoms with E-state index in [1.54, 1.807) is 6.07 Å². The first-order valence-corrected chi connectivity index (χ1v) is 7.38. The van der Waals surface area contributed by atoms with Gasteiger partial charge in [0.15, 0.2) is 0 Å². The second-order valence-electron chi connectivity index (χ2n) is 4.71. The van der Waals surface area contributed by atoms with Gasteiger partial charge in [-0.1, -0.05) is 28.1 Å². The average Bonchev–Trinajstić information content (AvgIpc) is 2.47. The normalized spacial score (nSPS) is 12.0. The van der Waals surface area contributed by atoms with Gasteiger partial charge in [-0.3, -0.25) is 4.79 Å². The lowest BCUT2D eigenvalue weighted by molar-refractivity contribution is -0.115. The lowest BCUT2D eigenvalue weighted by Gasteiger charge is -2.14. The van der Waals surface area contributed by atoms with Crippen LogP contribution in [0.15, 0.2) is 53.0 Å². The van der Waals surface area contributed by atoms with Crippen molar-refractivity contribution in [2.24, 2.45) is 0 Å². The lowest BCUT2D eigenvalue weighted by atomic mass is 10.1. The van der Waals surface area contributed by atoms with Crippen molar-refractivity contribution in [3.8, 4) is 0 Å². The first-order valence-electron chi connectivity index (χ1n) is 6.59. The molecule has 1 atom stereocenters. The number of rotatable bonds is 5. The summed E-state index contributed by atoms with van der Waals surface area (Å²) in [7, 11) is 0. The maximum Gasteiger partial charge on any atom is 0.238 e. The summed E-state index contributed by atoms with van der Waals surface area (Å²) in [5, 5.41) is 5.86. The van der Waals surface area contributed by atoms with Crippen LogP contribution in [0.5, 0.6) is 0 Å². The van der Waals surface area contributed by atoms with Crippen LogP contribution in [0.4, 0.5) is 10.1 Å². The summed E-state index contributed by atoms with van der Waals surface area (Å²) in [6.45, 7) is 2.05. The van der Waals surface area contributed by atoms with Gasteiger partial charge in [-0.05, 0) is 48.9 Å². The fourth-order valence-electron chi connectivity index (χ4n) is 1.88. The number of hydrogen-bond donors (Lipinski definition) is 2. The van der Waals surface area contributed by atoms with Crippen LogP contribution in [0.2, 0.25) is 0 Å². The first-order chi connectivity index (χ1) is 10.0. The summed E-state index contributed by atoms with van der Waals surface area (Å²) in [5.41, 5.74) is 1.55. The molecule has 0 aromatic heterocycles. The van der Waals surface area contributed by atoms with Crippen molar-refractivity contribution in [2.45, 2.75) is 13.0 Å². The van der Waals surface area contributed by atoms with Gasteiger partial charge in [-0.15, -0.1) is 0 Å². The molecule has 0 aliphatic carbocycles. The quantitative estimate of drug-likeness (QED) is 0.859. The lowest BCUT2D eigenvalue weighted by Crippen LogP contribution is -2.30. The van der Waals surface area contributed by atoms with Gasteiger partial charge in [0.05, 0.1) is 6.54 Å². The number of amides is 1. The number of hydrogen-bond acceptors (Lipinski definition) is 2. The van der Waals surface area contributed by atoms with Crippen LogP contribution < -0.4 is 10.6 Å². The summed E-state index contributed by atoms with van der Waals surface area (Å²) in [6.07, 6.45) is 0. The van der Waals surface area contributed by atoms with Gasteiger partial charge in [-0.25, -0.2) is 4.39 Å². The molecule has 2 N–H and O–H groups in total. The van der Waals surface area contributed by atoms with Crippen LogP contribution in [-0.2, 0) is 4.79 Å². The fraction of sp³-hybridized carbons (Fsp3) is 0.188. The summed E-state index contributed by atoms with van der Waals surface area (Å²) in [5.74, 6) is -0.416. The third kappa shape index (κ3) is 4.95. The Labute approximate surface area is 131 Å². The van der Waals surface area contributed by atoms with Crippen molar-refractivity contribution < 1.29 is 9.18 Å². The highest BCUT2D eigenvalue weighted by atomic mass is 79.9. The smallest absolute Gasteiger partial charge is 0.238 e. The van der Waals surface area contributed by atoms with Crippen LogP contribution in [0.1, 0.15) is 18.5 Å². The van der Waals surface area contributed by atoms with Gasteiger partial charge < -0.3 is 10.6 Å². The predicted molar refractivity (Wildman–Crippen MR) is 85.6 cm³/mol. The molecule has 2 rings (SSSR count). The molecule has 2 aromatic rings. The van der Waals surface area contributed by atoms with Gasteiger partial charge in [0.2, 0.25) is 5.91 Å². The van der Waals surface area contributed by atoms with E-state index in [2.05, 4.69) is 26.6 Å². The van der Waals surface area contributed by atoms with E-state index >= 15 is 0 Å². The molecule has 110 valence electrons. The summed E-state index contributed by atoms with van der Waals surface area (Å²) >= 11 is 3.34. The molecule has 0 bridgehead atoms. The maximum atomic E-state index is 13.1. The average molecular weight is 351 g/mol. The van der Waals surface area contributed by atoms with Gasteiger partial charge in [0, 0.05) is 16.2 Å². The summed E-state index contributed by atoms with van der Waals surface area (Å²) < 4.78 is 14.1. The second-order valence-corrected chi connectivity index (χ2v) is 5.63. The Bertz CT molecular complexity index is 616. The minimum absolute atomic E-state index is 0.101. The van der Waals surface area contributed by atoms with Crippen LogP contribution >= 0.6 is 15.9 Å². The molecule has 0 aliphatic rings. The van der Waals surface area contributed by atoms with Crippen molar-refractivity contribution in [3.05, 3.63) is 64.4 Å². The third-order valence-corrected chi connectivity index (χ3v) is 3.57. The zero-order valence-corrected chi connectivity index (χ0v) is 13.2. The Morgan fingerprint density at radius 1 is 1.24 bits per heavy atom. The fourth-order valence-corrected chi connectivity index (χ4v) is 2.14. The third-order valence-electron chi connectivity index (χ3n) is 3.05. The van der Waals surface area contributed by atoms with Crippen molar-refractivity contribution in [1.29, 1.82) is 0 Å².